The number of Topliss-reactive ketones (excluding diaryl/α,β-unsaturated/α-hetero) is 1. The molecule has 2 aromatic carbocycles. The number of hydrogen-bond acceptors (Lipinski definition) is 4. The molecule has 3 rings (SSSR count). The summed E-state index contributed by atoms with van der Waals surface area (Å²) in [6, 6.07) is 9.92. The van der Waals surface area contributed by atoms with E-state index in [0.717, 1.165) is 53.4 Å². The summed E-state index contributed by atoms with van der Waals surface area (Å²) in [7, 11) is 5.63. The molecule has 0 aliphatic heterocycles. The van der Waals surface area contributed by atoms with Crippen LogP contribution in [0.25, 0.3) is 0 Å². The van der Waals surface area contributed by atoms with Gasteiger partial charge in [-0.2, -0.15) is 0 Å². The van der Waals surface area contributed by atoms with E-state index in [9.17, 15) is 9.59 Å². The van der Waals surface area contributed by atoms with Gasteiger partial charge in [-0.25, -0.2) is 0 Å². The maximum Gasteiger partial charge on any atom is 0.227 e. The van der Waals surface area contributed by atoms with Gasteiger partial charge in [-0.3, -0.25) is 9.59 Å². The number of ketones is 1. The Hall–Kier alpha value is -2.82. The van der Waals surface area contributed by atoms with Crippen LogP contribution in [0.2, 0.25) is 0 Å². The van der Waals surface area contributed by atoms with Gasteiger partial charge in [-0.15, -0.1) is 0 Å². The van der Waals surface area contributed by atoms with E-state index in [1.165, 1.54) is 30.4 Å². The van der Waals surface area contributed by atoms with Crippen LogP contribution in [0.4, 0.5) is 11.4 Å². The quantitative estimate of drug-likeness (QED) is 0.434. The van der Waals surface area contributed by atoms with E-state index in [1.807, 2.05) is 50.2 Å². The van der Waals surface area contributed by atoms with Crippen LogP contribution in [0.5, 0.6) is 5.75 Å². The molecule has 1 fully saturated rings. The number of nitrogens with zero attached hydrogens (tertiary/aromatic N) is 1. The third-order valence-electron chi connectivity index (χ3n) is 7.18. The Kier molecular flexibility index (Phi) is 10.8. The number of aryl methyl sites for hydroxylation is 2. The first kappa shape index (κ1) is 28.4. The van der Waals surface area contributed by atoms with Gasteiger partial charge in [-0.1, -0.05) is 26.3 Å². The lowest BCUT2D eigenvalue weighted by atomic mass is 9.80. The molecular formula is C30H44N2O3. The molecule has 5 heteroatoms. The molecule has 1 aliphatic rings. The first-order valence-corrected chi connectivity index (χ1v) is 12.9. The molecule has 0 heterocycles. The number of carbonyl (C=O) groups is 2. The number of hydrogen-bond donors (Lipinski definition) is 1. The van der Waals surface area contributed by atoms with Crippen molar-refractivity contribution in [2.45, 2.75) is 73.1 Å². The molecule has 1 aliphatic carbocycles. The average molecular weight is 481 g/mol. The molecule has 0 spiro atoms. The molecule has 5 nitrogen and oxygen atoms in total. The van der Waals surface area contributed by atoms with Gasteiger partial charge in [0.1, 0.15) is 5.75 Å². The van der Waals surface area contributed by atoms with Gasteiger partial charge in [0.05, 0.1) is 7.11 Å². The summed E-state index contributed by atoms with van der Waals surface area (Å²) in [4.78, 5) is 25.9. The first-order valence-electron chi connectivity index (χ1n) is 12.9. The molecule has 1 amide bonds. The van der Waals surface area contributed by atoms with Crippen molar-refractivity contribution < 1.29 is 14.3 Å². The van der Waals surface area contributed by atoms with Crippen LogP contribution in [0.3, 0.4) is 0 Å². The van der Waals surface area contributed by atoms with Crippen molar-refractivity contribution in [3.05, 3.63) is 52.6 Å². The van der Waals surface area contributed by atoms with Crippen LogP contribution >= 0.6 is 0 Å². The Morgan fingerprint density at radius 2 is 1.66 bits per heavy atom. The summed E-state index contributed by atoms with van der Waals surface area (Å²) < 4.78 is 5.29. The molecule has 0 radical (unpaired) electrons. The van der Waals surface area contributed by atoms with Crippen LogP contribution in [-0.2, 0) is 11.2 Å². The van der Waals surface area contributed by atoms with E-state index in [4.69, 9.17) is 4.74 Å². The minimum absolute atomic E-state index is 0.152. The van der Waals surface area contributed by atoms with Gasteiger partial charge >= 0.3 is 0 Å². The minimum atomic E-state index is 0.152. The van der Waals surface area contributed by atoms with Gasteiger partial charge in [-0.05, 0) is 93.7 Å². The van der Waals surface area contributed by atoms with Crippen molar-refractivity contribution in [1.29, 1.82) is 0 Å². The first-order chi connectivity index (χ1) is 16.6. The zero-order valence-corrected chi connectivity index (χ0v) is 23.0. The molecule has 35 heavy (non-hydrogen) atoms. The largest absolute Gasteiger partial charge is 0.496 e. The summed E-state index contributed by atoms with van der Waals surface area (Å²) in [6.45, 7) is 10.0. The van der Waals surface area contributed by atoms with Crippen molar-refractivity contribution in [2.75, 3.05) is 31.4 Å². The van der Waals surface area contributed by atoms with E-state index >= 15 is 0 Å². The number of amides is 1. The highest BCUT2D eigenvalue weighted by Gasteiger charge is 2.25. The highest BCUT2D eigenvalue weighted by atomic mass is 16.5. The summed E-state index contributed by atoms with van der Waals surface area (Å²) >= 11 is 0. The Morgan fingerprint density at radius 1 is 1.00 bits per heavy atom. The van der Waals surface area contributed by atoms with E-state index in [2.05, 4.69) is 32.2 Å². The molecule has 0 aromatic heterocycles. The van der Waals surface area contributed by atoms with Gasteiger partial charge in [0.2, 0.25) is 5.91 Å². The Morgan fingerprint density at radius 3 is 2.17 bits per heavy atom. The SMILES string of the molecule is CCC1CCC(C(=O)Nc2ccc(C)c(OC)c2)CC1.CCc1c(C)cc(N(C)C)cc1C(C)=O. The topological polar surface area (TPSA) is 58.6 Å². The molecule has 1 saturated carbocycles. The standard InChI is InChI=1S/C17H25NO2.C13H19NO/c1-4-13-6-8-14(9-7-13)17(19)18-15-10-5-12(2)16(11-15)20-3;1-6-12-9(2)7-11(14(4)5)8-13(12)10(3)15/h5,10-11,13-14H,4,6-9H2,1-3H3,(H,18,19);7-8H,6H2,1-5H3. The third-order valence-corrected chi connectivity index (χ3v) is 7.18. The lowest BCUT2D eigenvalue weighted by molar-refractivity contribution is -0.121. The monoisotopic (exact) mass is 480 g/mol. The maximum absolute atomic E-state index is 12.3. The fourth-order valence-electron chi connectivity index (χ4n) is 4.81. The number of benzene rings is 2. The fourth-order valence-corrected chi connectivity index (χ4v) is 4.81. The second kappa shape index (κ2) is 13.3. The summed E-state index contributed by atoms with van der Waals surface area (Å²) in [5.74, 6) is 2.12. The second-order valence-electron chi connectivity index (χ2n) is 9.89. The molecule has 0 atom stereocenters. The van der Waals surface area contributed by atoms with Crippen molar-refractivity contribution in [1.82, 2.24) is 0 Å². The predicted octanol–water partition coefficient (Wildman–Crippen LogP) is 6.98. The van der Waals surface area contributed by atoms with Gasteiger partial charge in [0.25, 0.3) is 0 Å². The minimum Gasteiger partial charge on any atom is -0.496 e. The molecule has 0 saturated heterocycles. The summed E-state index contributed by atoms with van der Waals surface area (Å²) in [5, 5.41) is 3.03. The zero-order chi connectivity index (χ0) is 26.1. The van der Waals surface area contributed by atoms with Crippen LogP contribution in [0.15, 0.2) is 30.3 Å². The number of ether oxygens (including phenoxy) is 1. The number of methoxy groups -OCH3 is 1. The second-order valence-corrected chi connectivity index (χ2v) is 9.89. The van der Waals surface area contributed by atoms with Crippen molar-refractivity contribution >= 4 is 23.1 Å². The molecule has 0 bridgehead atoms. The van der Waals surface area contributed by atoms with Crippen LogP contribution in [0.1, 0.15) is 79.9 Å². The number of nitrogens with one attached hydrogen (secondary N) is 1. The summed E-state index contributed by atoms with van der Waals surface area (Å²) in [6.07, 6.45) is 6.57. The lowest BCUT2D eigenvalue weighted by Crippen LogP contribution is -2.27. The average Bonchev–Trinajstić information content (AvgIpc) is 2.84. The molecule has 2 aromatic rings. The molecule has 0 unspecified atom stereocenters. The molecule has 1 N–H and O–H groups in total. The normalized spacial score (nSPS) is 17.1. The third kappa shape index (κ3) is 7.84. The molecule has 192 valence electrons. The smallest absolute Gasteiger partial charge is 0.227 e. The van der Waals surface area contributed by atoms with Crippen molar-refractivity contribution in [3.63, 3.8) is 0 Å². The Balaban J connectivity index is 0.000000258. The molecular weight excluding hydrogens is 436 g/mol. The van der Waals surface area contributed by atoms with Crippen molar-refractivity contribution in [3.8, 4) is 5.75 Å². The van der Waals surface area contributed by atoms with Gasteiger partial charge in [0, 0.05) is 43.0 Å². The van der Waals surface area contributed by atoms with E-state index in [-0.39, 0.29) is 17.6 Å². The van der Waals surface area contributed by atoms with Crippen molar-refractivity contribution in [2.24, 2.45) is 11.8 Å². The fraction of sp³-hybridized carbons (Fsp3) is 0.533. The number of rotatable bonds is 7. The Bertz CT molecular complexity index is 1000. The highest BCUT2D eigenvalue weighted by Crippen LogP contribution is 2.32. The zero-order valence-electron chi connectivity index (χ0n) is 23.0. The van der Waals surface area contributed by atoms with Crippen LogP contribution < -0.4 is 15.0 Å². The predicted molar refractivity (Wildman–Crippen MR) is 147 cm³/mol. The number of anilines is 2. The van der Waals surface area contributed by atoms with E-state index in [0.29, 0.717) is 0 Å². The lowest BCUT2D eigenvalue weighted by Gasteiger charge is -2.27. The van der Waals surface area contributed by atoms with Gasteiger partial charge in [0.15, 0.2) is 5.78 Å². The summed E-state index contributed by atoms with van der Waals surface area (Å²) in [5.41, 5.74) is 6.24. The van der Waals surface area contributed by atoms with Crippen LogP contribution in [-0.4, -0.2) is 32.9 Å². The highest BCUT2D eigenvalue weighted by molar-refractivity contribution is 5.97. The van der Waals surface area contributed by atoms with Crippen LogP contribution in [0, 0.1) is 25.7 Å². The van der Waals surface area contributed by atoms with Gasteiger partial charge < -0.3 is 15.0 Å². The Labute approximate surface area is 212 Å². The van der Waals surface area contributed by atoms with E-state index in [1.54, 1.807) is 14.0 Å². The number of carbonyl (C=O) groups excluding carboxylic acids is 2. The maximum atomic E-state index is 12.3. The van der Waals surface area contributed by atoms with E-state index < -0.39 is 0 Å².